The number of hydrogen-bond acceptors (Lipinski definition) is 4. The van der Waals surface area contributed by atoms with Gasteiger partial charge in [-0.05, 0) is 69.7 Å². The highest BCUT2D eigenvalue weighted by Gasteiger charge is 2.32. The lowest BCUT2D eigenvalue weighted by atomic mass is 9.77. The second-order valence-corrected chi connectivity index (χ2v) is 8.59. The fourth-order valence-corrected chi connectivity index (χ4v) is 4.19. The highest BCUT2D eigenvalue weighted by Crippen LogP contribution is 2.34. The van der Waals surface area contributed by atoms with E-state index < -0.39 is 17.3 Å². The van der Waals surface area contributed by atoms with Gasteiger partial charge in [-0.3, -0.25) is 4.40 Å². The van der Waals surface area contributed by atoms with Crippen molar-refractivity contribution in [3.63, 3.8) is 0 Å². The summed E-state index contributed by atoms with van der Waals surface area (Å²) in [5, 5.41) is 21.9. The Morgan fingerprint density at radius 2 is 1.77 bits per heavy atom. The number of anilines is 1. The van der Waals surface area contributed by atoms with Crippen LogP contribution in [0.5, 0.6) is 0 Å². The van der Waals surface area contributed by atoms with Crippen molar-refractivity contribution in [1.29, 1.82) is 0 Å². The van der Waals surface area contributed by atoms with Gasteiger partial charge < -0.3 is 10.4 Å². The van der Waals surface area contributed by atoms with Gasteiger partial charge in [0, 0.05) is 17.8 Å². The molecule has 2 heterocycles. The van der Waals surface area contributed by atoms with Crippen LogP contribution in [0.15, 0.2) is 42.6 Å². The lowest BCUT2D eigenvalue weighted by Gasteiger charge is -2.36. The van der Waals surface area contributed by atoms with Crippen molar-refractivity contribution in [1.82, 2.24) is 14.6 Å². The Kier molecular flexibility index (Phi) is 5.22. The van der Waals surface area contributed by atoms with Crippen LogP contribution in [0.2, 0.25) is 0 Å². The first-order valence-electron chi connectivity index (χ1n) is 10.1. The maximum absolute atomic E-state index is 13.1. The molecule has 1 aliphatic carbocycles. The van der Waals surface area contributed by atoms with Crippen LogP contribution in [0.4, 0.5) is 18.9 Å². The van der Waals surface area contributed by atoms with Crippen LogP contribution in [0.25, 0.3) is 17.0 Å². The molecule has 0 atom stereocenters. The number of halogens is 3. The van der Waals surface area contributed by atoms with E-state index in [-0.39, 0.29) is 6.04 Å². The average Bonchev–Trinajstić information content (AvgIpc) is 3.10. The number of fused-ring (bicyclic) bond motifs is 1. The summed E-state index contributed by atoms with van der Waals surface area (Å²) < 4.78 is 41.0. The van der Waals surface area contributed by atoms with Gasteiger partial charge in [0.25, 0.3) is 0 Å². The summed E-state index contributed by atoms with van der Waals surface area (Å²) in [7, 11) is 0. The Bertz CT molecular complexity index is 1030. The van der Waals surface area contributed by atoms with Crippen molar-refractivity contribution in [2.45, 2.75) is 57.3 Å². The third kappa shape index (κ3) is 4.28. The zero-order valence-electron chi connectivity index (χ0n) is 16.9. The fraction of sp³-hybridized carbons (Fsp3) is 0.455. The Labute approximate surface area is 172 Å². The molecule has 30 heavy (non-hydrogen) atoms. The molecule has 3 aromatic rings. The van der Waals surface area contributed by atoms with Gasteiger partial charge in [-0.15, -0.1) is 10.2 Å². The first kappa shape index (κ1) is 20.7. The van der Waals surface area contributed by atoms with Crippen LogP contribution in [0.1, 0.15) is 45.1 Å². The summed E-state index contributed by atoms with van der Waals surface area (Å²) in [6.07, 6.45) is 1.22. The van der Waals surface area contributed by atoms with E-state index >= 15 is 0 Å². The molecule has 2 aromatic heterocycles. The molecule has 0 spiro atoms. The number of nitrogens with zero attached hydrogens (tertiary/aromatic N) is 3. The Hall–Kier alpha value is -2.61. The standard InChI is InChI=1S/C22H25F3N4O/c1-21(2,30)15-6-8-17(9-7-15)26-18-10-11-19-27-28-20(29(19)13-18)14-4-3-5-16(12-14)22(23,24)25/h3-5,10-13,15,17,26,30H,6-9H2,1-2H3. The van der Waals surface area contributed by atoms with Crippen LogP contribution in [-0.2, 0) is 6.18 Å². The number of hydrogen-bond donors (Lipinski definition) is 2. The van der Waals surface area contributed by atoms with E-state index in [1.165, 1.54) is 6.07 Å². The maximum Gasteiger partial charge on any atom is 0.416 e. The molecule has 1 aromatic carbocycles. The molecule has 1 aliphatic rings. The van der Waals surface area contributed by atoms with Gasteiger partial charge in [-0.2, -0.15) is 13.2 Å². The summed E-state index contributed by atoms with van der Waals surface area (Å²) in [6.45, 7) is 3.72. The third-order valence-corrected chi connectivity index (χ3v) is 5.95. The molecule has 4 rings (SSSR count). The van der Waals surface area contributed by atoms with Gasteiger partial charge in [0.2, 0.25) is 0 Å². The van der Waals surface area contributed by atoms with Gasteiger partial charge in [-0.1, -0.05) is 12.1 Å². The van der Waals surface area contributed by atoms with E-state index in [1.807, 2.05) is 26.1 Å². The average molecular weight is 418 g/mol. The van der Waals surface area contributed by atoms with Crippen molar-refractivity contribution in [3.05, 3.63) is 48.2 Å². The predicted molar refractivity (Wildman–Crippen MR) is 109 cm³/mol. The van der Waals surface area contributed by atoms with Crippen molar-refractivity contribution in [3.8, 4) is 11.4 Å². The van der Waals surface area contributed by atoms with Crippen LogP contribution < -0.4 is 5.32 Å². The van der Waals surface area contributed by atoms with Gasteiger partial charge in [0.1, 0.15) is 0 Å². The van der Waals surface area contributed by atoms with Crippen molar-refractivity contribution in [2.24, 2.45) is 5.92 Å². The zero-order chi connectivity index (χ0) is 21.5. The van der Waals surface area contributed by atoms with E-state index in [2.05, 4.69) is 15.5 Å². The number of alkyl halides is 3. The minimum Gasteiger partial charge on any atom is -0.390 e. The van der Waals surface area contributed by atoms with Crippen LogP contribution in [0, 0.1) is 5.92 Å². The smallest absolute Gasteiger partial charge is 0.390 e. The van der Waals surface area contributed by atoms with E-state index in [9.17, 15) is 18.3 Å². The predicted octanol–water partition coefficient (Wildman–Crippen LogP) is 5.16. The molecule has 0 saturated heterocycles. The highest BCUT2D eigenvalue weighted by molar-refractivity contribution is 5.62. The number of benzene rings is 1. The Balaban J connectivity index is 1.56. The molecular formula is C22H25F3N4O. The number of aliphatic hydroxyl groups is 1. The molecule has 0 radical (unpaired) electrons. The molecule has 0 aliphatic heterocycles. The lowest BCUT2D eigenvalue weighted by Crippen LogP contribution is -2.37. The summed E-state index contributed by atoms with van der Waals surface area (Å²) in [6, 6.07) is 9.11. The van der Waals surface area contributed by atoms with Crippen molar-refractivity contribution >= 4 is 11.3 Å². The molecule has 0 bridgehead atoms. The van der Waals surface area contributed by atoms with E-state index in [4.69, 9.17) is 0 Å². The quantitative estimate of drug-likeness (QED) is 0.615. The zero-order valence-corrected chi connectivity index (χ0v) is 16.9. The Morgan fingerprint density at radius 1 is 1.03 bits per heavy atom. The van der Waals surface area contributed by atoms with Crippen molar-refractivity contribution < 1.29 is 18.3 Å². The second kappa shape index (κ2) is 7.58. The van der Waals surface area contributed by atoms with Crippen LogP contribution in [0.3, 0.4) is 0 Å². The SMILES string of the molecule is CC(C)(O)C1CCC(Nc2ccc3nnc(-c4cccc(C(F)(F)F)c4)n3c2)CC1. The molecule has 0 unspecified atom stereocenters. The normalized spacial score (nSPS) is 20.5. The van der Waals surface area contributed by atoms with Gasteiger partial charge >= 0.3 is 6.18 Å². The number of nitrogens with one attached hydrogen (secondary N) is 1. The van der Waals surface area contributed by atoms with Crippen molar-refractivity contribution in [2.75, 3.05) is 5.32 Å². The molecule has 2 N–H and O–H groups in total. The van der Waals surface area contributed by atoms with Crippen LogP contribution in [-0.4, -0.2) is 31.3 Å². The first-order valence-corrected chi connectivity index (χ1v) is 10.1. The van der Waals surface area contributed by atoms with Crippen LogP contribution >= 0.6 is 0 Å². The molecule has 8 heteroatoms. The van der Waals surface area contributed by atoms with E-state index in [0.29, 0.717) is 23.0 Å². The Morgan fingerprint density at radius 3 is 2.43 bits per heavy atom. The minimum atomic E-state index is -4.41. The second-order valence-electron chi connectivity index (χ2n) is 8.59. The number of pyridine rings is 1. The largest absolute Gasteiger partial charge is 0.416 e. The molecular weight excluding hydrogens is 393 g/mol. The number of rotatable bonds is 4. The monoisotopic (exact) mass is 418 g/mol. The van der Waals surface area contributed by atoms with Gasteiger partial charge in [0.05, 0.1) is 16.9 Å². The van der Waals surface area contributed by atoms with Gasteiger partial charge in [0.15, 0.2) is 11.5 Å². The molecule has 1 fully saturated rings. The van der Waals surface area contributed by atoms with E-state index in [1.54, 1.807) is 16.5 Å². The highest BCUT2D eigenvalue weighted by atomic mass is 19.4. The molecule has 0 amide bonds. The minimum absolute atomic E-state index is 0.287. The van der Waals surface area contributed by atoms with Gasteiger partial charge in [-0.25, -0.2) is 0 Å². The first-order chi connectivity index (χ1) is 14.1. The summed E-state index contributed by atoms with van der Waals surface area (Å²) >= 11 is 0. The fourth-order valence-electron chi connectivity index (χ4n) is 4.19. The molecule has 1 saturated carbocycles. The molecule has 160 valence electrons. The third-order valence-electron chi connectivity index (χ3n) is 5.95. The molecule has 5 nitrogen and oxygen atoms in total. The maximum atomic E-state index is 13.1. The number of aromatic nitrogens is 3. The summed E-state index contributed by atoms with van der Waals surface area (Å²) in [4.78, 5) is 0. The summed E-state index contributed by atoms with van der Waals surface area (Å²) in [5.41, 5.74) is 0.419. The lowest BCUT2D eigenvalue weighted by molar-refractivity contribution is -0.137. The summed E-state index contributed by atoms with van der Waals surface area (Å²) in [5.74, 6) is 0.661. The topological polar surface area (TPSA) is 62.5 Å². The van der Waals surface area contributed by atoms with E-state index in [0.717, 1.165) is 43.5 Å².